The van der Waals surface area contributed by atoms with E-state index in [-0.39, 0.29) is 6.42 Å². The van der Waals surface area contributed by atoms with Crippen LogP contribution in [-0.4, -0.2) is 4.98 Å². The molecule has 2 aromatic rings. The monoisotopic (exact) mass is 280 g/mol. The van der Waals surface area contributed by atoms with Crippen molar-refractivity contribution in [3.05, 3.63) is 51.9 Å². The molecular weight excluding hydrogens is 274 g/mol. The van der Waals surface area contributed by atoms with Gasteiger partial charge in [-0.2, -0.15) is 9.65 Å². The van der Waals surface area contributed by atoms with Gasteiger partial charge >= 0.3 is 0 Å². The fourth-order valence-electron chi connectivity index (χ4n) is 1.61. The van der Waals surface area contributed by atoms with Crippen LogP contribution in [0.2, 0.25) is 10.0 Å². The maximum Gasteiger partial charge on any atom is 0.213 e. The highest BCUT2D eigenvalue weighted by Crippen LogP contribution is 2.34. The van der Waals surface area contributed by atoms with Crippen molar-refractivity contribution >= 4 is 23.2 Å². The maximum absolute atomic E-state index is 13.2. The second kappa shape index (κ2) is 5.34. The van der Waals surface area contributed by atoms with Crippen LogP contribution in [0.15, 0.2) is 30.3 Å². The van der Waals surface area contributed by atoms with Crippen molar-refractivity contribution < 1.29 is 4.39 Å². The Kier molecular flexibility index (Phi) is 3.81. The van der Waals surface area contributed by atoms with Gasteiger partial charge in [0.1, 0.15) is 0 Å². The summed E-state index contributed by atoms with van der Waals surface area (Å²) in [6, 6.07) is 9.78. The number of nitriles is 1. The summed E-state index contributed by atoms with van der Waals surface area (Å²) < 4.78 is 13.2. The first-order valence-corrected chi connectivity index (χ1v) is 5.86. The van der Waals surface area contributed by atoms with E-state index in [2.05, 4.69) is 4.98 Å². The van der Waals surface area contributed by atoms with Gasteiger partial charge in [-0.15, -0.1) is 0 Å². The Balaban J connectivity index is 2.66. The number of aromatic nitrogens is 1. The Morgan fingerprint density at radius 2 is 2.00 bits per heavy atom. The van der Waals surface area contributed by atoms with Crippen LogP contribution in [0, 0.1) is 17.3 Å². The molecule has 18 heavy (non-hydrogen) atoms. The second-order valence-electron chi connectivity index (χ2n) is 3.58. The Bertz CT molecular complexity index is 635. The maximum atomic E-state index is 13.2. The average Bonchev–Trinajstić information content (AvgIpc) is 2.35. The van der Waals surface area contributed by atoms with Gasteiger partial charge in [0.05, 0.1) is 28.2 Å². The summed E-state index contributed by atoms with van der Waals surface area (Å²) in [7, 11) is 0. The molecule has 1 heterocycles. The zero-order valence-corrected chi connectivity index (χ0v) is 10.6. The molecule has 2 nitrogen and oxygen atoms in total. The number of hydrogen-bond donors (Lipinski definition) is 0. The van der Waals surface area contributed by atoms with Gasteiger partial charge in [-0.3, -0.25) is 0 Å². The minimum Gasteiger partial charge on any atom is -0.219 e. The number of pyridine rings is 1. The van der Waals surface area contributed by atoms with Gasteiger partial charge in [0.2, 0.25) is 5.95 Å². The molecule has 0 radical (unpaired) electrons. The summed E-state index contributed by atoms with van der Waals surface area (Å²) in [4.78, 5) is 3.80. The van der Waals surface area contributed by atoms with Crippen LogP contribution in [0.3, 0.4) is 0 Å². The molecule has 0 spiro atoms. The smallest absolute Gasteiger partial charge is 0.213 e. The predicted octanol–water partition coefficient (Wildman–Crippen LogP) is 4.26. The molecule has 90 valence electrons. The lowest BCUT2D eigenvalue weighted by atomic mass is 10.0. The van der Waals surface area contributed by atoms with Crippen molar-refractivity contribution in [2.45, 2.75) is 6.42 Å². The summed E-state index contributed by atoms with van der Waals surface area (Å²) >= 11 is 12.0. The minimum absolute atomic E-state index is 0.130. The quantitative estimate of drug-likeness (QED) is 0.771. The molecule has 2 rings (SSSR count). The number of halogens is 3. The van der Waals surface area contributed by atoms with Gasteiger partial charge in [0.15, 0.2) is 0 Å². The molecule has 0 aliphatic rings. The van der Waals surface area contributed by atoms with E-state index in [1.54, 1.807) is 18.2 Å². The van der Waals surface area contributed by atoms with Gasteiger partial charge in [-0.1, -0.05) is 41.4 Å². The van der Waals surface area contributed by atoms with E-state index in [1.807, 2.05) is 6.07 Å². The molecule has 1 aromatic heterocycles. The summed E-state index contributed by atoms with van der Waals surface area (Å²) in [6.07, 6.45) is 0.130. The lowest BCUT2D eigenvalue weighted by molar-refractivity contribution is 0.584. The second-order valence-corrected chi connectivity index (χ2v) is 4.36. The van der Waals surface area contributed by atoms with E-state index in [9.17, 15) is 4.39 Å². The van der Waals surface area contributed by atoms with Crippen molar-refractivity contribution in [2.75, 3.05) is 0 Å². The molecule has 0 amide bonds. The zero-order valence-electron chi connectivity index (χ0n) is 9.12. The van der Waals surface area contributed by atoms with Gasteiger partial charge in [0.25, 0.3) is 0 Å². The van der Waals surface area contributed by atoms with Crippen LogP contribution in [0.5, 0.6) is 0 Å². The molecule has 0 saturated heterocycles. The Hall–Kier alpha value is -1.63. The minimum atomic E-state index is -0.622. The molecule has 1 aromatic carbocycles. The predicted molar refractivity (Wildman–Crippen MR) is 69.0 cm³/mol. The van der Waals surface area contributed by atoms with E-state index < -0.39 is 5.95 Å². The number of benzene rings is 1. The zero-order chi connectivity index (χ0) is 13.1. The van der Waals surface area contributed by atoms with Crippen molar-refractivity contribution in [3.8, 4) is 17.3 Å². The van der Waals surface area contributed by atoms with Gasteiger partial charge in [-0.25, -0.2) is 4.98 Å². The van der Waals surface area contributed by atoms with Crippen molar-refractivity contribution in [2.24, 2.45) is 0 Å². The molecule has 0 bridgehead atoms. The fraction of sp³-hybridized carbons (Fsp3) is 0.0769. The summed E-state index contributed by atoms with van der Waals surface area (Å²) in [5.74, 6) is -0.622. The highest BCUT2D eigenvalue weighted by molar-refractivity contribution is 6.43. The van der Waals surface area contributed by atoms with E-state index in [0.29, 0.717) is 26.9 Å². The third-order valence-corrected chi connectivity index (χ3v) is 3.24. The summed E-state index contributed by atoms with van der Waals surface area (Å²) in [5.41, 5.74) is 1.49. The highest BCUT2D eigenvalue weighted by atomic mass is 35.5. The Morgan fingerprint density at radius 1 is 1.22 bits per heavy atom. The van der Waals surface area contributed by atoms with E-state index >= 15 is 0 Å². The van der Waals surface area contributed by atoms with Crippen LogP contribution >= 0.6 is 23.2 Å². The van der Waals surface area contributed by atoms with Crippen LogP contribution in [0.25, 0.3) is 11.3 Å². The van der Waals surface area contributed by atoms with E-state index in [0.717, 1.165) is 0 Å². The van der Waals surface area contributed by atoms with Crippen LogP contribution < -0.4 is 0 Å². The van der Waals surface area contributed by atoms with Crippen molar-refractivity contribution in [3.63, 3.8) is 0 Å². The van der Waals surface area contributed by atoms with Crippen LogP contribution in [0.1, 0.15) is 5.56 Å². The van der Waals surface area contributed by atoms with Crippen LogP contribution in [-0.2, 0) is 6.42 Å². The molecule has 0 N–H and O–H groups in total. The first-order chi connectivity index (χ1) is 8.63. The van der Waals surface area contributed by atoms with Crippen molar-refractivity contribution in [1.82, 2.24) is 4.98 Å². The third kappa shape index (κ3) is 2.45. The molecule has 0 aliphatic carbocycles. The molecular formula is C13H7Cl2FN2. The van der Waals surface area contributed by atoms with Gasteiger partial charge in [0, 0.05) is 5.56 Å². The largest absolute Gasteiger partial charge is 0.219 e. The Morgan fingerprint density at radius 3 is 2.72 bits per heavy atom. The van der Waals surface area contributed by atoms with Gasteiger partial charge in [-0.05, 0) is 17.7 Å². The molecule has 5 heteroatoms. The molecule has 0 saturated carbocycles. The molecule has 0 unspecified atom stereocenters. The SMILES string of the molecule is N#CCc1ccc(F)nc1-c1cccc(Cl)c1Cl. The van der Waals surface area contributed by atoms with Crippen LogP contribution in [0.4, 0.5) is 4.39 Å². The standard InChI is InChI=1S/C13H7Cl2FN2/c14-10-3-1-2-9(12(10)15)13-8(6-7-17)4-5-11(16)18-13/h1-5H,6H2. The normalized spacial score (nSPS) is 10.1. The lowest BCUT2D eigenvalue weighted by Gasteiger charge is -2.09. The third-order valence-electron chi connectivity index (χ3n) is 2.42. The average molecular weight is 281 g/mol. The summed E-state index contributed by atoms with van der Waals surface area (Å²) in [6.45, 7) is 0. The lowest BCUT2D eigenvalue weighted by Crippen LogP contribution is -1.96. The van der Waals surface area contributed by atoms with Gasteiger partial charge < -0.3 is 0 Å². The molecule has 0 aliphatic heterocycles. The van der Waals surface area contributed by atoms with Crippen molar-refractivity contribution in [1.29, 1.82) is 5.26 Å². The summed E-state index contributed by atoms with van der Waals surface area (Å²) in [5, 5.41) is 9.42. The Labute approximate surface area is 114 Å². The first kappa shape index (κ1) is 12.8. The fourth-order valence-corrected chi connectivity index (χ4v) is 2.00. The first-order valence-electron chi connectivity index (χ1n) is 5.10. The highest BCUT2D eigenvalue weighted by Gasteiger charge is 2.13. The molecule has 0 fully saturated rings. The number of nitrogens with zero attached hydrogens (tertiary/aromatic N) is 2. The number of hydrogen-bond acceptors (Lipinski definition) is 2. The van der Waals surface area contributed by atoms with E-state index in [4.69, 9.17) is 28.5 Å². The van der Waals surface area contributed by atoms with E-state index in [1.165, 1.54) is 12.1 Å². The molecule has 0 atom stereocenters. The topological polar surface area (TPSA) is 36.7 Å². The number of rotatable bonds is 2.